The summed E-state index contributed by atoms with van der Waals surface area (Å²) in [5.41, 5.74) is 1.49. The minimum Gasteiger partial charge on any atom is -0.494 e. The summed E-state index contributed by atoms with van der Waals surface area (Å²) in [7, 11) is 3.10. The van der Waals surface area contributed by atoms with Crippen LogP contribution in [0.25, 0.3) is 11.2 Å². The third-order valence-electron chi connectivity index (χ3n) is 5.30. The van der Waals surface area contributed by atoms with E-state index in [1.165, 1.54) is 19.2 Å². The molecule has 0 unspecified atom stereocenters. The number of amides is 1. The predicted octanol–water partition coefficient (Wildman–Crippen LogP) is 2.36. The lowest BCUT2D eigenvalue weighted by Gasteiger charge is -2.33. The zero-order chi connectivity index (χ0) is 19.8. The topological polar surface area (TPSA) is 69.4 Å². The third-order valence-corrected chi connectivity index (χ3v) is 5.30. The lowest BCUT2D eigenvalue weighted by molar-refractivity contribution is 0.0678. The molecule has 0 aliphatic carbocycles. The number of ether oxygens (including phenoxy) is 1. The zero-order valence-electron chi connectivity index (χ0n) is 15.8. The standard InChI is InChI=1S/C20H21FN4O3/c1-23-16-6-3-9-22-18(16)25(20(23)27)14-5-4-10-24(12-14)19(26)13-7-8-17(28-2)15(21)11-13/h3,6-9,11,14H,4-5,10,12H2,1-2H3/t14-/m0/s1. The number of nitrogens with zero attached hydrogens (tertiary/aromatic N) is 4. The van der Waals surface area contributed by atoms with Gasteiger partial charge in [-0.3, -0.25) is 13.9 Å². The number of aryl methyl sites for hydroxylation is 1. The van der Waals surface area contributed by atoms with Gasteiger partial charge in [0.25, 0.3) is 5.91 Å². The van der Waals surface area contributed by atoms with Crippen molar-refractivity contribution in [1.82, 2.24) is 19.0 Å². The molecule has 4 rings (SSSR count). The fourth-order valence-corrected chi connectivity index (χ4v) is 3.85. The third kappa shape index (κ3) is 2.94. The predicted molar refractivity (Wildman–Crippen MR) is 102 cm³/mol. The number of fused-ring (bicyclic) bond motifs is 1. The molecule has 1 atom stereocenters. The van der Waals surface area contributed by atoms with Gasteiger partial charge >= 0.3 is 5.69 Å². The van der Waals surface area contributed by atoms with Crippen LogP contribution in [0.4, 0.5) is 4.39 Å². The molecule has 1 aliphatic rings. The Labute approximate surface area is 161 Å². The maximum atomic E-state index is 14.0. The van der Waals surface area contributed by atoms with Crippen LogP contribution in [-0.4, -0.2) is 45.1 Å². The molecule has 0 spiro atoms. The van der Waals surface area contributed by atoms with Gasteiger partial charge in [-0.1, -0.05) is 0 Å². The second-order valence-electron chi connectivity index (χ2n) is 6.95. The maximum Gasteiger partial charge on any atom is 0.330 e. The summed E-state index contributed by atoms with van der Waals surface area (Å²) < 4.78 is 22.1. The van der Waals surface area contributed by atoms with Crippen molar-refractivity contribution in [3.8, 4) is 5.75 Å². The van der Waals surface area contributed by atoms with E-state index in [9.17, 15) is 14.0 Å². The number of carbonyl (C=O) groups is 1. The molecule has 1 aliphatic heterocycles. The number of likely N-dealkylation sites (tertiary alicyclic amines) is 1. The Morgan fingerprint density at radius 3 is 2.89 bits per heavy atom. The first-order valence-electron chi connectivity index (χ1n) is 9.16. The number of pyridine rings is 1. The molecule has 8 heteroatoms. The lowest BCUT2D eigenvalue weighted by Crippen LogP contribution is -2.43. The van der Waals surface area contributed by atoms with E-state index in [1.54, 1.807) is 39.4 Å². The summed E-state index contributed by atoms with van der Waals surface area (Å²) in [6.45, 7) is 0.942. The minimum absolute atomic E-state index is 0.0986. The first-order chi connectivity index (χ1) is 13.5. The number of methoxy groups -OCH3 is 1. The fraction of sp³-hybridized carbons (Fsp3) is 0.350. The zero-order valence-corrected chi connectivity index (χ0v) is 15.8. The van der Waals surface area contributed by atoms with Crippen LogP contribution in [0.2, 0.25) is 0 Å². The highest BCUT2D eigenvalue weighted by atomic mass is 19.1. The SMILES string of the molecule is COc1ccc(C(=O)N2CCC[C@H](n3c(=O)n(C)c4cccnc43)C2)cc1F. The largest absolute Gasteiger partial charge is 0.494 e. The van der Waals surface area contributed by atoms with Crippen LogP contribution in [0.15, 0.2) is 41.3 Å². The molecule has 0 radical (unpaired) electrons. The molecule has 1 amide bonds. The molecule has 0 saturated carbocycles. The molecule has 1 fully saturated rings. The molecule has 1 saturated heterocycles. The van der Waals surface area contributed by atoms with Crippen molar-refractivity contribution < 1.29 is 13.9 Å². The minimum atomic E-state index is -0.573. The molecular formula is C20H21FN4O3. The van der Waals surface area contributed by atoms with Gasteiger partial charge in [-0.2, -0.15) is 0 Å². The maximum absolute atomic E-state index is 14.0. The quantitative estimate of drug-likeness (QED) is 0.695. The Morgan fingerprint density at radius 1 is 1.32 bits per heavy atom. The van der Waals surface area contributed by atoms with E-state index in [2.05, 4.69) is 4.98 Å². The number of benzene rings is 1. The van der Waals surface area contributed by atoms with Gasteiger partial charge in [-0.25, -0.2) is 14.2 Å². The highest BCUT2D eigenvalue weighted by Crippen LogP contribution is 2.26. The molecule has 2 aromatic heterocycles. The van der Waals surface area contributed by atoms with Crippen LogP contribution in [0.5, 0.6) is 5.75 Å². The number of hydrogen-bond acceptors (Lipinski definition) is 4. The van der Waals surface area contributed by atoms with Crippen molar-refractivity contribution in [3.05, 3.63) is 58.4 Å². The molecule has 3 heterocycles. The number of carbonyl (C=O) groups excluding carboxylic acids is 1. The Kier molecular flexibility index (Phi) is 4.62. The van der Waals surface area contributed by atoms with Crippen LogP contribution in [0.1, 0.15) is 29.2 Å². The van der Waals surface area contributed by atoms with Crippen molar-refractivity contribution in [2.75, 3.05) is 20.2 Å². The highest BCUT2D eigenvalue weighted by Gasteiger charge is 2.29. The van der Waals surface area contributed by atoms with E-state index in [4.69, 9.17) is 4.74 Å². The van der Waals surface area contributed by atoms with E-state index >= 15 is 0 Å². The molecule has 0 bridgehead atoms. The number of halogens is 1. The van der Waals surface area contributed by atoms with Gasteiger partial charge in [-0.05, 0) is 43.2 Å². The molecule has 3 aromatic rings. The van der Waals surface area contributed by atoms with Gasteiger partial charge in [0, 0.05) is 31.9 Å². The van der Waals surface area contributed by atoms with E-state index in [0.29, 0.717) is 18.7 Å². The lowest BCUT2D eigenvalue weighted by atomic mass is 10.0. The summed E-state index contributed by atoms with van der Waals surface area (Å²) in [4.78, 5) is 31.7. The highest BCUT2D eigenvalue weighted by molar-refractivity contribution is 5.94. The molecule has 7 nitrogen and oxygen atoms in total. The average Bonchev–Trinajstić information content (AvgIpc) is 2.98. The smallest absolute Gasteiger partial charge is 0.330 e. The molecule has 146 valence electrons. The Balaban J connectivity index is 1.64. The number of aromatic nitrogens is 3. The number of piperidine rings is 1. The van der Waals surface area contributed by atoms with Crippen molar-refractivity contribution in [2.45, 2.75) is 18.9 Å². The van der Waals surface area contributed by atoms with Gasteiger partial charge in [0.1, 0.15) is 0 Å². The summed E-state index contributed by atoms with van der Waals surface area (Å²) in [5.74, 6) is -0.731. The first kappa shape index (κ1) is 18.2. The van der Waals surface area contributed by atoms with E-state index in [1.807, 2.05) is 6.07 Å². The van der Waals surface area contributed by atoms with Crippen molar-refractivity contribution in [2.24, 2.45) is 7.05 Å². The Hall–Kier alpha value is -3.16. The van der Waals surface area contributed by atoms with Crippen LogP contribution in [0.3, 0.4) is 0 Å². The fourth-order valence-electron chi connectivity index (χ4n) is 3.85. The number of imidazole rings is 1. The normalized spacial score (nSPS) is 17.1. The van der Waals surface area contributed by atoms with E-state index in [-0.39, 0.29) is 29.0 Å². The Morgan fingerprint density at radius 2 is 2.14 bits per heavy atom. The first-order valence-corrected chi connectivity index (χ1v) is 9.16. The summed E-state index contributed by atoms with van der Waals surface area (Å²) in [6.07, 6.45) is 3.19. The van der Waals surface area contributed by atoms with E-state index in [0.717, 1.165) is 18.4 Å². The monoisotopic (exact) mass is 384 g/mol. The van der Waals surface area contributed by atoms with Gasteiger partial charge in [0.15, 0.2) is 17.2 Å². The van der Waals surface area contributed by atoms with Gasteiger partial charge in [-0.15, -0.1) is 0 Å². The van der Waals surface area contributed by atoms with Crippen LogP contribution in [-0.2, 0) is 7.05 Å². The van der Waals surface area contributed by atoms with Crippen LogP contribution >= 0.6 is 0 Å². The summed E-state index contributed by atoms with van der Waals surface area (Å²) in [5, 5.41) is 0. The molecule has 28 heavy (non-hydrogen) atoms. The number of rotatable bonds is 3. The molecular weight excluding hydrogens is 363 g/mol. The molecule has 0 N–H and O–H groups in total. The van der Waals surface area contributed by atoms with E-state index < -0.39 is 5.82 Å². The van der Waals surface area contributed by atoms with Gasteiger partial charge < -0.3 is 9.64 Å². The van der Waals surface area contributed by atoms with Gasteiger partial charge in [0.2, 0.25) is 0 Å². The summed E-state index contributed by atoms with van der Waals surface area (Å²) >= 11 is 0. The second kappa shape index (κ2) is 7.10. The van der Waals surface area contributed by atoms with Crippen molar-refractivity contribution >= 4 is 17.1 Å². The molecule has 1 aromatic carbocycles. The van der Waals surface area contributed by atoms with Crippen molar-refractivity contribution in [1.29, 1.82) is 0 Å². The average molecular weight is 384 g/mol. The van der Waals surface area contributed by atoms with Crippen LogP contribution in [0, 0.1) is 5.82 Å². The van der Waals surface area contributed by atoms with Crippen molar-refractivity contribution in [3.63, 3.8) is 0 Å². The Bertz CT molecular complexity index is 1100. The number of hydrogen-bond donors (Lipinski definition) is 0. The second-order valence-corrected chi connectivity index (χ2v) is 6.95. The van der Waals surface area contributed by atoms with Gasteiger partial charge in [0.05, 0.1) is 18.7 Å². The van der Waals surface area contributed by atoms with Crippen LogP contribution < -0.4 is 10.4 Å². The summed E-state index contributed by atoms with van der Waals surface area (Å²) in [6, 6.07) is 7.67.